The zero-order valence-electron chi connectivity index (χ0n) is 16.4. The Morgan fingerprint density at radius 1 is 1.40 bits per heavy atom. The summed E-state index contributed by atoms with van der Waals surface area (Å²) in [5.41, 5.74) is 0.608. The highest BCUT2D eigenvalue weighted by Crippen LogP contribution is 2.43. The van der Waals surface area contributed by atoms with Crippen LogP contribution < -0.4 is 15.4 Å². The molecule has 162 valence electrons. The lowest BCUT2D eigenvalue weighted by Gasteiger charge is -2.33. The third-order valence-electron chi connectivity index (χ3n) is 5.43. The summed E-state index contributed by atoms with van der Waals surface area (Å²) in [4.78, 5) is 12.4. The van der Waals surface area contributed by atoms with E-state index in [2.05, 4.69) is 15.7 Å². The largest absolute Gasteiger partial charge is 0.497 e. The molecule has 0 spiro atoms. The Hall–Kier alpha value is -2.75. The van der Waals surface area contributed by atoms with E-state index in [9.17, 15) is 18.0 Å². The minimum atomic E-state index is -4.51. The van der Waals surface area contributed by atoms with Gasteiger partial charge in [-0.1, -0.05) is 12.1 Å². The van der Waals surface area contributed by atoms with Crippen molar-refractivity contribution >= 4 is 11.7 Å². The predicted molar refractivity (Wildman–Crippen MR) is 103 cm³/mol. The van der Waals surface area contributed by atoms with Crippen LogP contribution >= 0.6 is 0 Å². The molecule has 1 aromatic heterocycles. The second kappa shape index (κ2) is 8.17. The van der Waals surface area contributed by atoms with Gasteiger partial charge in [0.15, 0.2) is 11.7 Å². The van der Waals surface area contributed by atoms with Crippen molar-refractivity contribution < 1.29 is 27.4 Å². The molecule has 0 aliphatic carbocycles. The minimum Gasteiger partial charge on any atom is -0.497 e. The maximum Gasteiger partial charge on any atom is 0.410 e. The molecule has 1 amide bonds. The molecular formula is C20H23F3N4O3. The standard InChI is InChI=1S/C20H23F3N4O3/c1-29-13-5-2-4-12(8-13)15-9-17(20(21,22)23)27-18(25-15)10-16(26-27)19(28)24-11-14-6-3-7-30-14/h2,4-5,8,10,14-15,17,25H,3,6-7,9,11H2,1H3,(H,24,28). The number of methoxy groups -OCH3 is 1. The van der Waals surface area contributed by atoms with Crippen molar-refractivity contribution in [3.05, 3.63) is 41.6 Å². The van der Waals surface area contributed by atoms with E-state index in [0.717, 1.165) is 17.5 Å². The molecule has 2 aliphatic heterocycles. The zero-order chi connectivity index (χ0) is 21.3. The monoisotopic (exact) mass is 424 g/mol. The van der Waals surface area contributed by atoms with Crippen molar-refractivity contribution in [2.45, 2.75) is 43.6 Å². The first-order valence-corrected chi connectivity index (χ1v) is 9.81. The SMILES string of the molecule is COc1cccc(C2CC(C(F)(F)F)n3nc(C(=O)NCC4CCCO4)cc3N2)c1. The van der Waals surface area contributed by atoms with Crippen LogP contribution in [0.1, 0.15) is 47.4 Å². The first-order chi connectivity index (χ1) is 14.3. The molecule has 0 saturated carbocycles. The molecule has 1 saturated heterocycles. The Labute approximate surface area is 171 Å². The van der Waals surface area contributed by atoms with Crippen LogP contribution in [-0.2, 0) is 4.74 Å². The fourth-order valence-electron chi connectivity index (χ4n) is 3.86. The van der Waals surface area contributed by atoms with Crippen LogP contribution in [-0.4, -0.2) is 48.2 Å². The van der Waals surface area contributed by atoms with Crippen molar-refractivity contribution in [1.29, 1.82) is 0 Å². The van der Waals surface area contributed by atoms with E-state index in [0.29, 0.717) is 24.5 Å². The number of alkyl halides is 3. The molecule has 1 fully saturated rings. The Bertz CT molecular complexity index is 909. The Morgan fingerprint density at radius 3 is 2.93 bits per heavy atom. The highest BCUT2D eigenvalue weighted by Gasteiger charge is 2.46. The fourth-order valence-corrected chi connectivity index (χ4v) is 3.86. The van der Waals surface area contributed by atoms with Gasteiger partial charge in [0.1, 0.15) is 11.6 Å². The van der Waals surface area contributed by atoms with Gasteiger partial charge in [0.05, 0.1) is 19.3 Å². The van der Waals surface area contributed by atoms with E-state index in [-0.39, 0.29) is 24.0 Å². The number of nitrogens with zero attached hydrogens (tertiary/aromatic N) is 2. The Kier molecular flexibility index (Phi) is 5.59. The molecule has 0 radical (unpaired) electrons. The fraction of sp³-hybridized carbons (Fsp3) is 0.500. The van der Waals surface area contributed by atoms with E-state index in [1.54, 1.807) is 24.3 Å². The molecule has 7 nitrogen and oxygen atoms in total. The summed E-state index contributed by atoms with van der Waals surface area (Å²) in [5, 5.41) is 9.74. The normalized spacial score (nSPS) is 23.5. The molecule has 30 heavy (non-hydrogen) atoms. The number of aromatic nitrogens is 2. The van der Waals surface area contributed by atoms with E-state index in [1.165, 1.54) is 13.2 Å². The number of halogens is 3. The molecule has 3 unspecified atom stereocenters. The molecule has 2 aliphatic rings. The number of rotatable bonds is 5. The van der Waals surface area contributed by atoms with Gasteiger partial charge in [0.25, 0.3) is 5.91 Å². The first kappa shape index (κ1) is 20.5. The third kappa shape index (κ3) is 4.23. The molecule has 10 heteroatoms. The van der Waals surface area contributed by atoms with E-state index < -0.39 is 24.2 Å². The highest BCUT2D eigenvalue weighted by atomic mass is 19.4. The molecule has 0 bridgehead atoms. The molecular weight excluding hydrogens is 401 g/mol. The van der Waals surface area contributed by atoms with Gasteiger partial charge in [-0.3, -0.25) is 4.79 Å². The van der Waals surface area contributed by atoms with Crippen LogP contribution in [0.5, 0.6) is 5.75 Å². The van der Waals surface area contributed by atoms with Crippen molar-refractivity contribution in [3.63, 3.8) is 0 Å². The number of carbonyl (C=O) groups is 1. The minimum absolute atomic E-state index is 0.0592. The first-order valence-electron chi connectivity index (χ1n) is 9.81. The number of hydrogen-bond acceptors (Lipinski definition) is 5. The summed E-state index contributed by atoms with van der Waals surface area (Å²) >= 11 is 0. The van der Waals surface area contributed by atoms with Crippen molar-refractivity contribution in [2.24, 2.45) is 0 Å². The quantitative estimate of drug-likeness (QED) is 0.769. The summed E-state index contributed by atoms with van der Waals surface area (Å²) in [6, 6.07) is 5.82. The van der Waals surface area contributed by atoms with Crippen LogP contribution in [0.15, 0.2) is 30.3 Å². The number of hydrogen-bond donors (Lipinski definition) is 2. The number of amides is 1. The van der Waals surface area contributed by atoms with Gasteiger partial charge in [0.2, 0.25) is 0 Å². The summed E-state index contributed by atoms with van der Waals surface area (Å²) < 4.78 is 52.9. The Balaban J connectivity index is 1.57. The van der Waals surface area contributed by atoms with Crippen LogP contribution in [0.2, 0.25) is 0 Å². The number of fused-ring (bicyclic) bond motifs is 1. The van der Waals surface area contributed by atoms with Crippen molar-refractivity contribution in [1.82, 2.24) is 15.1 Å². The van der Waals surface area contributed by atoms with Crippen LogP contribution in [0.4, 0.5) is 19.0 Å². The Morgan fingerprint density at radius 2 is 2.23 bits per heavy atom. The number of anilines is 1. The van der Waals surface area contributed by atoms with Crippen molar-refractivity contribution in [3.8, 4) is 5.75 Å². The molecule has 3 atom stereocenters. The lowest BCUT2D eigenvalue weighted by atomic mass is 9.97. The second-order valence-corrected chi connectivity index (χ2v) is 7.47. The van der Waals surface area contributed by atoms with Gasteiger partial charge in [-0.05, 0) is 30.5 Å². The van der Waals surface area contributed by atoms with E-state index >= 15 is 0 Å². The summed E-state index contributed by atoms with van der Waals surface area (Å²) in [6.07, 6.45) is -3.04. The topological polar surface area (TPSA) is 77.4 Å². The van der Waals surface area contributed by atoms with Crippen LogP contribution in [0.3, 0.4) is 0 Å². The lowest BCUT2D eigenvalue weighted by molar-refractivity contribution is -0.173. The van der Waals surface area contributed by atoms with Gasteiger partial charge in [-0.25, -0.2) is 4.68 Å². The van der Waals surface area contributed by atoms with Gasteiger partial charge >= 0.3 is 6.18 Å². The zero-order valence-corrected chi connectivity index (χ0v) is 16.4. The van der Waals surface area contributed by atoms with Gasteiger partial charge in [-0.15, -0.1) is 0 Å². The smallest absolute Gasteiger partial charge is 0.410 e. The van der Waals surface area contributed by atoms with Gasteiger partial charge in [-0.2, -0.15) is 18.3 Å². The number of benzene rings is 1. The second-order valence-electron chi connectivity index (χ2n) is 7.47. The lowest BCUT2D eigenvalue weighted by Crippen LogP contribution is -2.36. The van der Waals surface area contributed by atoms with Crippen molar-refractivity contribution in [2.75, 3.05) is 25.6 Å². The maximum absolute atomic E-state index is 13.8. The van der Waals surface area contributed by atoms with Gasteiger partial charge in [0, 0.05) is 25.6 Å². The molecule has 2 N–H and O–H groups in total. The maximum atomic E-state index is 13.8. The average Bonchev–Trinajstić information content (AvgIpc) is 3.40. The van der Waals surface area contributed by atoms with Crippen LogP contribution in [0, 0.1) is 0 Å². The molecule has 1 aromatic carbocycles. The molecule has 2 aromatic rings. The van der Waals surface area contributed by atoms with Gasteiger partial charge < -0.3 is 20.1 Å². The number of nitrogens with one attached hydrogen (secondary N) is 2. The third-order valence-corrected chi connectivity index (χ3v) is 5.43. The average molecular weight is 424 g/mol. The highest BCUT2D eigenvalue weighted by molar-refractivity contribution is 5.93. The molecule has 4 rings (SSSR count). The summed E-state index contributed by atoms with van der Waals surface area (Å²) in [6.45, 7) is 0.964. The number of ether oxygens (including phenoxy) is 2. The van der Waals surface area contributed by atoms with Crippen LogP contribution in [0.25, 0.3) is 0 Å². The number of carbonyl (C=O) groups excluding carboxylic acids is 1. The van der Waals surface area contributed by atoms with E-state index in [1.807, 2.05) is 0 Å². The molecule has 3 heterocycles. The summed E-state index contributed by atoms with van der Waals surface area (Å²) in [7, 11) is 1.50. The summed E-state index contributed by atoms with van der Waals surface area (Å²) in [5.74, 6) is 0.192. The predicted octanol–water partition coefficient (Wildman–Crippen LogP) is 3.46. The van der Waals surface area contributed by atoms with E-state index in [4.69, 9.17) is 9.47 Å².